The van der Waals surface area contributed by atoms with Crippen LogP contribution in [0.2, 0.25) is 0 Å². The Balaban J connectivity index is 0.000000215. The van der Waals surface area contributed by atoms with Crippen molar-refractivity contribution in [1.29, 1.82) is 0 Å². The van der Waals surface area contributed by atoms with Crippen LogP contribution in [0.4, 0.5) is 0 Å². The average Bonchev–Trinajstić information content (AvgIpc) is 3.49. The maximum Gasteiger partial charge on any atom is 0.328 e. The van der Waals surface area contributed by atoms with Gasteiger partial charge in [0.2, 0.25) is 5.91 Å². The van der Waals surface area contributed by atoms with Crippen LogP contribution in [0.15, 0.2) is 35.3 Å². The molecule has 212 valence electrons. The number of likely N-dealkylation sites (tertiary alicyclic amines) is 1. The van der Waals surface area contributed by atoms with Crippen molar-refractivity contribution < 1.29 is 24.5 Å². The van der Waals surface area contributed by atoms with Crippen molar-refractivity contribution in [2.24, 2.45) is 33.9 Å². The number of hydrogen-bond donors (Lipinski definition) is 2. The molecule has 8 heteroatoms. The SMILES string of the molecule is C[C@@H]1[C@H]2CCC[C@H]2CN1C(=O)[C@@H](N)C(C)(C)C.O=C(O)[C@@H](N=C([O-])OCc1ccccc1)C1CCCCC1. The van der Waals surface area contributed by atoms with E-state index in [1.54, 1.807) is 0 Å². The van der Waals surface area contributed by atoms with Crippen LogP contribution in [0.1, 0.15) is 84.6 Å². The molecule has 1 saturated heterocycles. The van der Waals surface area contributed by atoms with Gasteiger partial charge in [0.25, 0.3) is 0 Å². The molecule has 3 fully saturated rings. The predicted octanol–water partition coefficient (Wildman–Crippen LogP) is 3.96. The second-order valence-corrected chi connectivity index (χ2v) is 12.3. The maximum atomic E-state index is 12.4. The molecule has 1 heterocycles. The van der Waals surface area contributed by atoms with E-state index in [2.05, 4.69) is 11.9 Å². The van der Waals surface area contributed by atoms with Crippen LogP contribution in [0.3, 0.4) is 0 Å². The van der Waals surface area contributed by atoms with Crippen molar-refractivity contribution in [2.75, 3.05) is 6.54 Å². The summed E-state index contributed by atoms with van der Waals surface area (Å²) in [7, 11) is 0. The minimum absolute atomic E-state index is 0.0551. The number of carbonyl (C=O) groups is 2. The molecule has 1 aromatic rings. The number of aliphatic carboxylic acids is 1. The van der Waals surface area contributed by atoms with Gasteiger partial charge in [-0.25, -0.2) is 4.79 Å². The Morgan fingerprint density at radius 3 is 2.34 bits per heavy atom. The Bertz CT molecular complexity index is 939. The first-order chi connectivity index (χ1) is 18.0. The lowest BCUT2D eigenvalue weighted by molar-refractivity contribution is -0.253. The zero-order valence-electron chi connectivity index (χ0n) is 23.5. The van der Waals surface area contributed by atoms with Gasteiger partial charge < -0.3 is 25.6 Å². The Morgan fingerprint density at radius 2 is 1.76 bits per heavy atom. The van der Waals surface area contributed by atoms with Gasteiger partial charge in [-0.1, -0.05) is 76.8 Å². The molecule has 1 amide bonds. The van der Waals surface area contributed by atoms with Crippen LogP contribution in [-0.2, 0) is 20.9 Å². The summed E-state index contributed by atoms with van der Waals surface area (Å²) >= 11 is 0. The number of aliphatic imine (C=N–C) groups is 1. The maximum absolute atomic E-state index is 12.4. The summed E-state index contributed by atoms with van der Waals surface area (Å²) in [6.45, 7) is 9.36. The van der Waals surface area contributed by atoms with Crippen molar-refractivity contribution in [3.05, 3.63) is 35.9 Å². The van der Waals surface area contributed by atoms with Crippen molar-refractivity contribution in [2.45, 2.75) is 104 Å². The fourth-order valence-electron chi connectivity index (χ4n) is 6.10. The van der Waals surface area contributed by atoms with Crippen molar-refractivity contribution in [1.82, 2.24) is 4.90 Å². The van der Waals surface area contributed by atoms with E-state index in [1.807, 2.05) is 56.0 Å². The van der Waals surface area contributed by atoms with E-state index in [0.29, 0.717) is 6.04 Å². The largest absolute Gasteiger partial charge is 0.596 e. The first-order valence-corrected chi connectivity index (χ1v) is 14.2. The summed E-state index contributed by atoms with van der Waals surface area (Å²) in [4.78, 5) is 29.5. The van der Waals surface area contributed by atoms with Gasteiger partial charge in [-0.15, -0.1) is 0 Å². The lowest BCUT2D eigenvalue weighted by Gasteiger charge is -2.33. The molecule has 2 aliphatic carbocycles. The molecule has 3 aliphatic rings. The van der Waals surface area contributed by atoms with Gasteiger partial charge in [-0.3, -0.25) is 9.79 Å². The fourth-order valence-corrected chi connectivity index (χ4v) is 6.10. The highest BCUT2D eigenvalue weighted by atomic mass is 16.6. The first kappa shape index (κ1) is 29.9. The number of ether oxygens (including phenoxy) is 1. The zero-order valence-corrected chi connectivity index (χ0v) is 23.5. The van der Waals surface area contributed by atoms with E-state index in [0.717, 1.165) is 56.0 Å². The van der Waals surface area contributed by atoms with E-state index < -0.39 is 18.1 Å². The summed E-state index contributed by atoms with van der Waals surface area (Å²) in [5.74, 6) is 0.519. The Kier molecular flexibility index (Phi) is 10.6. The molecule has 1 aromatic carbocycles. The molecule has 0 unspecified atom stereocenters. The molecule has 8 nitrogen and oxygen atoms in total. The van der Waals surface area contributed by atoms with Gasteiger partial charge >= 0.3 is 5.97 Å². The minimum atomic E-state index is -1.04. The van der Waals surface area contributed by atoms with Crippen molar-refractivity contribution >= 4 is 18.0 Å². The molecule has 5 atom stereocenters. The lowest BCUT2D eigenvalue weighted by atomic mass is 9.84. The number of nitrogens with two attached hydrogens (primary N) is 1. The molecule has 38 heavy (non-hydrogen) atoms. The highest BCUT2D eigenvalue weighted by Gasteiger charge is 2.45. The second-order valence-electron chi connectivity index (χ2n) is 12.3. The van der Waals surface area contributed by atoms with Crippen LogP contribution in [0.5, 0.6) is 0 Å². The highest BCUT2D eigenvalue weighted by molar-refractivity contribution is 5.83. The highest BCUT2D eigenvalue weighted by Crippen LogP contribution is 2.42. The molecule has 0 spiro atoms. The summed E-state index contributed by atoms with van der Waals surface area (Å²) in [5.41, 5.74) is 6.80. The molecular formula is C30H46N3O5-. The third-order valence-electron chi connectivity index (χ3n) is 8.54. The number of hydrogen-bond acceptors (Lipinski definition) is 6. The molecule has 3 N–H and O–H groups in total. The molecule has 1 aliphatic heterocycles. The van der Waals surface area contributed by atoms with Crippen LogP contribution >= 0.6 is 0 Å². The average molecular weight is 529 g/mol. The van der Waals surface area contributed by atoms with Gasteiger partial charge in [0, 0.05) is 19.2 Å². The van der Waals surface area contributed by atoms with Crippen LogP contribution in [-0.4, -0.2) is 52.6 Å². The molecule has 4 rings (SSSR count). The van der Waals surface area contributed by atoms with Gasteiger partial charge in [-0.2, -0.15) is 0 Å². The van der Waals surface area contributed by atoms with Gasteiger partial charge in [0.05, 0.1) is 6.04 Å². The summed E-state index contributed by atoms with van der Waals surface area (Å²) in [6.07, 6.45) is 7.89. The monoisotopic (exact) mass is 528 g/mol. The number of carbonyl (C=O) groups excluding carboxylic acids is 1. The third-order valence-corrected chi connectivity index (χ3v) is 8.54. The number of rotatable bonds is 6. The molecule has 2 saturated carbocycles. The predicted molar refractivity (Wildman–Crippen MR) is 146 cm³/mol. The number of benzene rings is 1. The summed E-state index contributed by atoms with van der Waals surface area (Å²) in [6, 6.07) is 8.29. The molecule has 0 aromatic heterocycles. The number of carboxylic acids is 1. The Morgan fingerprint density at radius 1 is 1.11 bits per heavy atom. The summed E-state index contributed by atoms with van der Waals surface area (Å²) in [5, 5.41) is 21.0. The van der Waals surface area contributed by atoms with Crippen LogP contribution in [0, 0.1) is 23.2 Å². The van der Waals surface area contributed by atoms with E-state index in [4.69, 9.17) is 10.5 Å². The van der Waals surface area contributed by atoms with Crippen molar-refractivity contribution in [3.63, 3.8) is 0 Å². The Hall–Kier alpha value is -2.61. The second kappa shape index (κ2) is 13.5. The van der Waals surface area contributed by atoms with Gasteiger partial charge in [-0.05, 0) is 61.3 Å². The van der Waals surface area contributed by atoms with Gasteiger partial charge in [0.15, 0.2) is 6.04 Å². The first-order valence-electron chi connectivity index (χ1n) is 14.2. The quantitative estimate of drug-likeness (QED) is 0.425. The Labute approximate surface area is 227 Å². The minimum Gasteiger partial charge on any atom is -0.596 e. The van der Waals surface area contributed by atoms with E-state index >= 15 is 0 Å². The number of nitrogens with zero attached hydrogens (tertiary/aromatic N) is 2. The molecule has 0 radical (unpaired) electrons. The standard InChI is InChI=1S/C16H21NO4.C14H26N2O/c18-15(19)14(13-9-5-2-6-10-13)17-16(20)21-11-12-7-3-1-4-8-12;1-9-11-7-5-6-10(11)8-16(9)13(17)12(15)14(2,3)4/h1,3-4,7-8,13-14H,2,5-6,9-11H2,(H,17,20)(H,18,19);9-12H,5-8,15H2,1-4H3/p-1/t14-;9-,10+,11-,12-/m01/s1. The van der Waals surface area contributed by atoms with Gasteiger partial charge in [0.1, 0.15) is 6.08 Å². The van der Waals surface area contributed by atoms with E-state index in [1.165, 1.54) is 19.3 Å². The number of amides is 1. The lowest BCUT2D eigenvalue weighted by Crippen LogP contribution is -2.51. The van der Waals surface area contributed by atoms with Crippen LogP contribution in [0.25, 0.3) is 0 Å². The number of fused-ring (bicyclic) bond motifs is 1. The number of carboxylic acid groups (broad SMARTS) is 1. The molecular weight excluding hydrogens is 482 g/mol. The molecule has 0 bridgehead atoms. The van der Waals surface area contributed by atoms with E-state index in [-0.39, 0.29) is 29.9 Å². The zero-order chi connectivity index (χ0) is 27.9. The topological polar surface area (TPSA) is 128 Å². The third kappa shape index (κ3) is 7.95. The van der Waals surface area contributed by atoms with Crippen molar-refractivity contribution in [3.8, 4) is 0 Å². The summed E-state index contributed by atoms with van der Waals surface area (Å²) < 4.78 is 5.03. The fraction of sp³-hybridized carbons (Fsp3) is 0.700. The normalized spacial score (nSPS) is 25.7. The smallest absolute Gasteiger partial charge is 0.328 e. The van der Waals surface area contributed by atoms with Crippen LogP contribution < -0.4 is 10.8 Å². The van der Waals surface area contributed by atoms with E-state index in [9.17, 15) is 19.8 Å².